The number of hydrogen-bond acceptors (Lipinski definition) is 3. The van der Waals surface area contributed by atoms with E-state index in [9.17, 15) is 8.42 Å². The molecule has 3 N–H and O–H groups in total. The molecule has 0 heterocycles. The van der Waals surface area contributed by atoms with Crippen LogP contribution in [0.5, 0.6) is 0 Å². The van der Waals surface area contributed by atoms with E-state index in [1.807, 2.05) is 19.9 Å². The molecule has 0 unspecified atom stereocenters. The van der Waals surface area contributed by atoms with E-state index >= 15 is 0 Å². The summed E-state index contributed by atoms with van der Waals surface area (Å²) in [5.74, 6) is 0.342. The van der Waals surface area contributed by atoms with Crippen LogP contribution in [0.2, 0.25) is 0 Å². The van der Waals surface area contributed by atoms with Crippen molar-refractivity contribution in [1.82, 2.24) is 4.31 Å². The molecule has 1 aliphatic rings. The molecule has 3 rings (SSSR count). The molecule has 0 saturated carbocycles. The first kappa shape index (κ1) is 23.6. The van der Waals surface area contributed by atoms with Gasteiger partial charge in [-0.25, -0.2) is 13.4 Å². The fourth-order valence-corrected chi connectivity index (χ4v) is 4.59. The minimum atomic E-state index is -3.47. The van der Waals surface area contributed by atoms with E-state index in [0.717, 1.165) is 24.1 Å². The molecule has 0 radical (unpaired) electrons. The largest absolute Gasteiger partial charge is 0.370 e. The molecule has 158 valence electrons. The lowest BCUT2D eigenvalue weighted by molar-refractivity contribution is 0.410. The van der Waals surface area contributed by atoms with E-state index in [1.165, 1.54) is 21.9 Å². The van der Waals surface area contributed by atoms with Gasteiger partial charge < -0.3 is 11.1 Å². The summed E-state index contributed by atoms with van der Waals surface area (Å²) in [5.41, 5.74) is 10.6. The van der Waals surface area contributed by atoms with Gasteiger partial charge in [-0.3, -0.25) is 0 Å². The van der Waals surface area contributed by atoms with E-state index < -0.39 is 10.0 Å². The number of halogens is 1. The van der Waals surface area contributed by atoms with E-state index in [2.05, 4.69) is 22.4 Å². The Kier molecular flexibility index (Phi) is 8.07. The maximum atomic E-state index is 12.5. The molecule has 6 nitrogen and oxygen atoms in total. The standard InChI is InChI=1S/C21H28N4O2S.HI/c1-15(2)25(3)28(26,27)20-11-7-16(8-12-20)14-23-21(22)24-19-10-9-17-5-4-6-18(17)13-19;/h7-13,15H,4-6,14H2,1-3H3,(H3,22,23,24);1H. The second kappa shape index (κ2) is 9.90. The molecule has 2 aromatic carbocycles. The van der Waals surface area contributed by atoms with Gasteiger partial charge in [-0.05, 0) is 74.1 Å². The highest BCUT2D eigenvalue weighted by Crippen LogP contribution is 2.24. The van der Waals surface area contributed by atoms with Gasteiger partial charge in [0, 0.05) is 18.8 Å². The first-order valence-corrected chi connectivity index (χ1v) is 11.0. The molecule has 0 bridgehead atoms. The number of nitrogens with one attached hydrogen (secondary N) is 1. The smallest absolute Gasteiger partial charge is 0.243 e. The molecule has 0 spiro atoms. The number of sulfonamides is 1. The number of benzene rings is 2. The van der Waals surface area contributed by atoms with Gasteiger partial charge in [0.1, 0.15) is 0 Å². The predicted octanol–water partition coefficient (Wildman–Crippen LogP) is 3.75. The van der Waals surface area contributed by atoms with Gasteiger partial charge in [0.15, 0.2) is 5.96 Å². The Morgan fingerprint density at radius 1 is 1.14 bits per heavy atom. The molecular weight excluding hydrogens is 499 g/mol. The summed E-state index contributed by atoms with van der Waals surface area (Å²) in [6.45, 7) is 4.07. The van der Waals surface area contributed by atoms with Crippen LogP contribution in [-0.2, 0) is 29.4 Å². The Morgan fingerprint density at radius 3 is 2.45 bits per heavy atom. The number of aliphatic imine (C=N–C) groups is 1. The van der Waals surface area contributed by atoms with Crippen LogP contribution in [0.25, 0.3) is 0 Å². The van der Waals surface area contributed by atoms with Gasteiger partial charge in [0.25, 0.3) is 0 Å². The molecule has 8 heteroatoms. The molecule has 29 heavy (non-hydrogen) atoms. The lowest BCUT2D eigenvalue weighted by Crippen LogP contribution is -2.33. The number of fused-ring (bicyclic) bond motifs is 1. The van der Waals surface area contributed by atoms with Gasteiger partial charge in [0.05, 0.1) is 11.4 Å². The van der Waals surface area contributed by atoms with E-state index in [0.29, 0.717) is 12.5 Å². The van der Waals surface area contributed by atoms with Crippen molar-refractivity contribution in [2.45, 2.75) is 50.6 Å². The summed E-state index contributed by atoms with van der Waals surface area (Å²) < 4.78 is 26.4. The number of nitrogens with zero attached hydrogens (tertiary/aromatic N) is 2. The lowest BCUT2D eigenvalue weighted by Gasteiger charge is -2.21. The van der Waals surface area contributed by atoms with Crippen molar-refractivity contribution in [1.29, 1.82) is 0 Å². The number of nitrogens with two attached hydrogens (primary N) is 1. The highest BCUT2D eigenvalue weighted by molar-refractivity contribution is 14.0. The predicted molar refractivity (Wildman–Crippen MR) is 129 cm³/mol. The summed E-state index contributed by atoms with van der Waals surface area (Å²) in [4.78, 5) is 4.64. The van der Waals surface area contributed by atoms with Crippen molar-refractivity contribution in [3.63, 3.8) is 0 Å². The third kappa shape index (κ3) is 5.70. The molecule has 0 aliphatic heterocycles. The van der Waals surface area contributed by atoms with Crippen molar-refractivity contribution in [3.05, 3.63) is 59.2 Å². The zero-order valence-electron chi connectivity index (χ0n) is 17.1. The quantitative estimate of drug-likeness (QED) is 0.340. The minimum absolute atomic E-state index is 0. The molecule has 1 aliphatic carbocycles. The van der Waals surface area contributed by atoms with Crippen LogP contribution in [0.3, 0.4) is 0 Å². The molecule has 2 aromatic rings. The third-order valence-electron chi connectivity index (χ3n) is 5.13. The monoisotopic (exact) mass is 528 g/mol. The van der Waals surface area contributed by atoms with Crippen LogP contribution in [0.15, 0.2) is 52.4 Å². The number of guanidine groups is 1. The average molecular weight is 528 g/mol. The van der Waals surface area contributed by atoms with Gasteiger partial charge in [-0.1, -0.05) is 18.2 Å². The zero-order valence-corrected chi connectivity index (χ0v) is 20.2. The minimum Gasteiger partial charge on any atom is -0.370 e. The second-order valence-corrected chi connectivity index (χ2v) is 9.42. The Labute approximate surface area is 190 Å². The van der Waals surface area contributed by atoms with Crippen LogP contribution < -0.4 is 11.1 Å². The topological polar surface area (TPSA) is 87.8 Å². The molecular formula is C21H29IN4O2S. The fourth-order valence-electron chi connectivity index (χ4n) is 3.22. The Hall–Kier alpha value is -1.65. The van der Waals surface area contributed by atoms with E-state index in [-0.39, 0.29) is 34.9 Å². The molecule has 0 fully saturated rings. The van der Waals surface area contributed by atoms with Crippen LogP contribution in [0, 0.1) is 0 Å². The highest BCUT2D eigenvalue weighted by atomic mass is 127. The van der Waals surface area contributed by atoms with Crippen LogP contribution in [-0.4, -0.2) is 31.8 Å². The van der Waals surface area contributed by atoms with E-state index in [1.54, 1.807) is 31.3 Å². The average Bonchev–Trinajstić information content (AvgIpc) is 3.13. The van der Waals surface area contributed by atoms with Crippen LogP contribution >= 0.6 is 24.0 Å². The maximum Gasteiger partial charge on any atom is 0.243 e. The van der Waals surface area contributed by atoms with Crippen molar-refractivity contribution in [2.75, 3.05) is 12.4 Å². The summed E-state index contributed by atoms with van der Waals surface area (Å²) in [7, 11) is -1.88. The highest BCUT2D eigenvalue weighted by Gasteiger charge is 2.22. The maximum absolute atomic E-state index is 12.5. The molecule has 0 amide bonds. The van der Waals surface area contributed by atoms with Crippen molar-refractivity contribution in [3.8, 4) is 0 Å². The Morgan fingerprint density at radius 2 is 1.79 bits per heavy atom. The van der Waals surface area contributed by atoms with Crippen molar-refractivity contribution >= 4 is 45.6 Å². The van der Waals surface area contributed by atoms with Crippen molar-refractivity contribution in [2.24, 2.45) is 10.7 Å². The zero-order chi connectivity index (χ0) is 20.3. The fraction of sp³-hybridized carbons (Fsp3) is 0.381. The number of anilines is 1. The first-order valence-electron chi connectivity index (χ1n) is 9.53. The SMILES string of the molecule is CC(C)N(C)S(=O)(=O)c1ccc(CN=C(N)Nc2ccc3c(c2)CCC3)cc1.I. The normalized spacial score (nSPS) is 14.0. The number of rotatable bonds is 6. The van der Waals surface area contributed by atoms with Crippen LogP contribution in [0.1, 0.15) is 37.0 Å². The van der Waals surface area contributed by atoms with Crippen LogP contribution in [0.4, 0.5) is 5.69 Å². The Bertz CT molecular complexity index is 973. The van der Waals surface area contributed by atoms with Gasteiger partial charge >= 0.3 is 0 Å². The second-order valence-electron chi connectivity index (χ2n) is 7.42. The van der Waals surface area contributed by atoms with Gasteiger partial charge in [-0.15, -0.1) is 24.0 Å². The number of hydrogen-bond donors (Lipinski definition) is 2. The Balaban J connectivity index is 0.00000300. The number of aryl methyl sites for hydroxylation is 2. The summed E-state index contributed by atoms with van der Waals surface area (Å²) in [6, 6.07) is 13.0. The van der Waals surface area contributed by atoms with Gasteiger partial charge in [-0.2, -0.15) is 4.31 Å². The molecule has 0 aromatic heterocycles. The summed E-state index contributed by atoms with van der Waals surface area (Å²) in [5, 5.41) is 3.13. The molecule has 0 saturated heterocycles. The summed E-state index contributed by atoms with van der Waals surface area (Å²) >= 11 is 0. The van der Waals surface area contributed by atoms with E-state index in [4.69, 9.17) is 5.73 Å². The first-order chi connectivity index (χ1) is 13.3. The van der Waals surface area contributed by atoms with Gasteiger partial charge in [0.2, 0.25) is 10.0 Å². The van der Waals surface area contributed by atoms with Crippen molar-refractivity contribution < 1.29 is 8.42 Å². The molecule has 0 atom stereocenters. The third-order valence-corrected chi connectivity index (χ3v) is 7.18. The lowest BCUT2D eigenvalue weighted by atomic mass is 10.1. The summed E-state index contributed by atoms with van der Waals surface area (Å²) in [6.07, 6.45) is 3.47.